The van der Waals surface area contributed by atoms with Crippen molar-refractivity contribution >= 4 is 17.6 Å². The minimum absolute atomic E-state index is 0.118. The maximum Gasteiger partial charge on any atom is 0.253 e. The van der Waals surface area contributed by atoms with Gasteiger partial charge in [-0.2, -0.15) is 0 Å². The fourth-order valence-electron chi connectivity index (χ4n) is 1.89. The van der Waals surface area contributed by atoms with Gasteiger partial charge in [0, 0.05) is 18.7 Å². The van der Waals surface area contributed by atoms with E-state index in [2.05, 4.69) is 15.3 Å². The number of hydrogen-bond donors (Lipinski definition) is 3. The van der Waals surface area contributed by atoms with Crippen LogP contribution in [0.3, 0.4) is 0 Å². The number of hydrogen-bond acceptors (Lipinski definition) is 5. The van der Waals surface area contributed by atoms with E-state index in [4.69, 9.17) is 5.73 Å². The van der Waals surface area contributed by atoms with Crippen LogP contribution in [0.5, 0.6) is 0 Å². The highest BCUT2D eigenvalue weighted by Crippen LogP contribution is 2.28. The van der Waals surface area contributed by atoms with Gasteiger partial charge < -0.3 is 16.0 Å². The summed E-state index contributed by atoms with van der Waals surface area (Å²) in [5.74, 6) is -0.216. The van der Waals surface area contributed by atoms with Crippen molar-refractivity contribution in [2.45, 2.75) is 35.5 Å². The largest absolute Gasteiger partial charge is 0.383 e. The Morgan fingerprint density at radius 1 is 1.43 bits per heavy atom. The second-order valence-corrected chi connectivity index (χ2v) is 6.03. The molecule has 1 heterocycles. The molecule has 0 aliphatic heterocycles. The summed E-state index contributed by atoms with van der Waals surface area (Å²) in [6.07, 6.45) is 2.40. The van der Waals surface area contributed by atoms with Crippen LogP contribution in [-0.4, -0.2) is 16.0 Å². The number of nitrogens with zero attached hydrogens (tertiary/aromatic N) is 1. The molecule has 110 valence electrons. The quantitative estimate of drug-likeness (QED) is 0.735. The molecule has 1 aliphatic carbocycles. The highest BCUT2D eigenvalue weighted by atomic mass is 32.2. The zero-order valence-corrected chi connectivity index (χ0v) is 12.0. The van der Waals surface area contributed by atoms with Gasteiger partial charge in [0.05, 0.1) is 4.90 Å². The van der Waals surface area contributed by atoms with Gasteiger partial charge in [-0.05, 0) is 42.3 Å². The summed E-state index contributed by atoms with van der Waals surface area (Å²) >= 11 is 1.05. The molecular formula is C14H15FN4OS. The van der Waals surface area contributed by atoms with E-state index in [0.717, 1.165) is 17.3 Å². The van der Waals surface area contributed by atoms with Crippen LogP contribution >= 0.6 is 11.8 Å². The number of nitrogens with two attached hydrogens (primary N) is 1. The fourth-order valence-corrected chi connectivity index (χ4v) is 2.70. The zero-order valence-electron chi connectivity index (χ0n) is 11.2. The number of H-pyrrole nitrogens is 1. The fraction of sp³-hybridized carbons (Fsp3) is 0.286. The molecular weight excluding hydrogens is 291 g/mol. The van der Waals surface area contributed by atoms with Gasteiger partial charge in [-0.25, -0.2) is 9.37 Å². The first-order valence-electron chi connectivity index (χ1n) is 6.66. The van der Waals surface area contributed by atoms with Crippen molar-refractivity contribution in [3.63, 3.8) is 0 Å². The van der Waals surface area contributed by atoms with E-state index < -0.39 is 0 Å². The SMILES string of the molecule is Nc1cc(=O)[nH]c(Sc2ccc(CNC3CC3)cc2F)n1. The van der Waals surface area contributed by atoms with E-state index >= 15 is 0 Å². The summed E-state index contributed by atoms with van der Waals surface area (Å²) in [7, 11) is 0. The van der Waals surface area contributed by atoms with Gasteiger partial charge in [0.2, 0.25) is 0 Å². The molecule has 0 bridgehead atoms. The third-order valence-electron chi connectivity index (χ3n) is 3.11. The Morgan fingerprint density at radius 2 is 2.24 bits per heavy atom. The van der Waals surface area contributed by atoms with Crippen LogP contribution in [0.4, 0.5) is 10.2 Å². The van der Waals surface area contributed by atoms with Crippen molar-refractivity contribution < 1.29 is 4.39 Å². The van der Waals surface area contributed by atoms with E-state index in [-0.39, 0.29) is 22.4 Å². The smallest absolute Gasteiger partial charge is 0.253 e. The lowest BCUT2D eigenvalue weighted by molar-refractivity contribution is 0.595. The first-order valence-corrected chi connectivity index (χ1v) is 7.48. The highest BCUT2D eigenvalue weighted by Gasteiger charge is 2.20. The van der Waals surface area contributed by atoms with Crippen LogP contribution < -0.4 is 16.6 Å². The van der Waals surface area contributed by atoms with E-state index in [9.17, 15) is 9.18 Å². The summed E-state index contributed by atoms with van der Waals surface area (Å²) in [5.41, 5.74) is 6.05. The molecule has 0 atom stereocenters. The summed E-state index contributed by atoms with van der Waals surface area (Å²) < 4.78 is 14.1. The molecule has 1 aromatic carbocycles. The van der Waals surface area contributed by atoms with Crippen molar-refractivity contribution in [2.75, 3.05) is 5.73 Å². The molecule has 1 fully saturated rings. The number of halogens is 1. The van der Waals surface area contributed by atoms with Crippen LogP contribution in [0.2, 0.25) is 0 Å². The second kappa shape index (κ2) is 5.87. The molecule has 21 heavy (non-hydrogen) atoms. The molecule has 5 nitrogen and oxygen atoms in total. The van der Waals surface area contributed by atoms with E-state index in [1.165, 1.54) is 25.0 Å². The Balaban J connectivity index is 1.73. The van der Waals surface area contributed by atoms with Crippen molar-refractivity contribution in [3.8, 4) is 0 Å². The Bertz CT molecular complexity index is 714. The van der Waals surface area contributed by atoms with Crippen LogP contribution in [0, 0.1) is 5.82 Å². The number of anilines is 1. The predicted octanol–water partition coefficient (Wildman–Crippen LogP) is 1.89. The average Bonchev–Trinajstić information content (AvgIpc) is 3.22. The van der Waals surface area contributed by atoms with Crippen molar-refractivity contribution in [1.82, 2.24) is 15.3 Å². The van der Waals surface area contributed by atoms with Crippen LogP contribution in [0.1, 0.15) is 18.4 Å². The molecule has 4 N–H and O–H groups in total. The van der Waals surface area contributed by atoms with Crippen LogP contribution in [0.15, 0.2) is 39.1 Å². The monoisotopic (exact) mass is 306 g/mol. The Morgan fingerprint density at radius 3 is 2.90 bits per heavy atom. The predicted molar refractivity (Wildman–Crippen MR) is 79.7 cm³/mol. The van der Waals surface area contributed by atoms with Gasteiger partial charge >= 0.3 is 0 Å². The van der Waals surface area contributed by atoms with E-state index in [1.54, 1.807) is 6.07 Å². The molecule has 1 aliphatic rings. The standard InChI is InChI=1S/C14H15FN4OS/c15-10-5-8(7-17-9-2-3-9)1-4-11(10)21-14-18-12(16)6-13(20)19-14/h1,4-6,9,17H,2-3,7H2,(H3,16,18,19,20). The number of aromatic nitrogens is 2. The molecule has 1 aromatic heterocycles. The molecule has 0 spiro atoms. The average molecular weight is 306 g/mol. The molecule has 0 radical (unpaired) electrons. The van der Waals surface area contributed by atoms with Crippen molar-refractivity contribution in [1.29, 1.82) is 0 Å². The third-order valence-corrected chi connectivity index (χ3v) is 4.05. The molecule has 0 amide bonds. The summed E-state index contributed by atoms with van der Waals surface area (Å²) in [4.78, 5) is 18.2. The van der Waals surface area contributed by atoms with Gasteiger partial charge in [0.15, 0.2) is 5.16 Å². The second-order valence-electron chi connectivity index (χ2n) is 5.00. The maximum absolute atomic E-state index is 14.1. The maximum atomic E-state index is 14.1. The van der Waals surface area contributed by atoms with Crippen molar-refractivity contribution in [2.24, 2.45) is 0 Å². The highest BCUT2D eigenvalue weighted by molar-refractivity contribution is 7.99. The topological polar surface area (TPSA) is 83.8 Å². The lowest BCUT2D eigenvalue weighted by Crippen LogP contribution is -2.15. The van der Waals surface area contributed by atoms with Gasteiger partial charge in [0.1, 0.15) is 11.6 Å². The lowest BCUT2D eigenvalue weighted by Gasteiger charge is -2.07. The minimum Gasteiger partial charge on any atom is -0.383 e. The van der Waals surface area contributed by atoms with Gasteiger partial charge in [-0.1, -0.05) is 6.07 Å². The molecule has 0 unspecified atom stereocenters. The number of rotatable bonds is 5. The minimum atomic E-state index is -0.351. The zero-order chi connectivity index (χ0) is 14.8. The Labute approximate surface area is 125 Å². The summed E-state index contributed by atoms with van der Waals surface area (Å²) in [6, 6.07) is 6.83. The molecule has 3 rings (SSSR count). The normalized spacial score (nSPS) is 14.3. The van der Waals surface area contributed by atoms with E-state index in [0.29, 0.717) is 17.5 Å². The number of aromatic amines is 1. The van der Waals surface area contributed by atoms with E-state index in [1.807, 2.05) is 6.07 Å². The van der Waals surface area contributed by atoms with Crippen LogP contribution in [-0.2, 0) is 6.54 Å². The molecule has 7 heteroatoms. The third kappa shape index (κ3) is 3.83. The molecule has 0 saturated heterocycles. The van der Waals surface area contributed by atoms with Gasteiger partial charge in [0.25, 0.3) is 5.56 Å². The van der Waals surface area contributed by atoms with Gasteiger partial charge in [-0.3, -0.25) is 4.79 Å². The van der Waals surface area contributed by atoms with Gasteiger partial charge in [-0.15, -0.1) is 0 Å². The lowest BCUT2D eigenvalue weighted by atomic mass is 10.2. The number of nitrogen functional groups attached to an aromatic ring is 1. The summed E-state index contributed by atoms with van der Waals surface area (Å²) in [6.45, 7) is 0.667. The van der Waals surface area contributed by atoms with Crippen molar-refractivity contribution in [3.05, 3.63) is 46.0 Å². The number of benzene rings is 1. The van der Waals surface area contributed by atoms with Crippen LogP contribution in [0.25, 0.3) is 0 Å². The first kappa shape index (κ1) is 14.1. The summed E-state index contributed by atoms with van der Waals surface area (Å²) in [5, 5.41) is 3.61. The molecule has 1 saturated carbocycles. The first-order chi connectivity index (χ1) is 10.1. The Hall–Kier alpha value is -1.86. The Kier molecular flexibility index (Phi) is 3.94. The molecule has 2 aromatic rings. The number of nitrogens with one attached hydrogen (secondary N) is 2.